The Hall–Kier alpha value is -1.33. The van der Waals surface area contributed by atoms with Crippen molar-refractivity contribution in [2.75, 3.05) is 20.3 Å². The molecule has 108 valence electrons. The van der Waals surface area contributed by atoms with Crippen LogP contribution < -0.4 is 5.32 Å². The summed E-state index contributed by atoms with van der Waals surface area (Å²) in [5.41, 5.74) is -0.0962. The van der Waals surface area contributed by atoms with Crippen LogP contribution in [-0.2, 0) is 11.3 Å². The van der Waals surface area contributed by atoms with Gasteiger partial charge in [0.2, 0.25) is 0 Å². The molecule has 0 spiro atoms. The molecular formula is C14H23NO4. The third kappa shape index (κ3) is 5.44. The first kappa shape index (κ1) is 15.7. The molecule has 0 aliphatic heterocycles. The first-order valence-electron chi connectivity index (χ1n) is 6.45. The van der Waals surface area contributed by atoms with Gasteiger partial charge in [-0.15, -0.1) is 0 Å². The molecule has 1 aromatic rings. The molecule has 1 rings (SSSR count). The van der Waals surface area contributed by atoms with Crippen LogP contribution in [0.2, 0.25) is 0 Å². The lowest BCUT2D eigenvalue weighted by Crippen LogP contribution is -2.26. The molecule has 2 N–H and O–H groups in total. The van der Waals surface area contributed by atoms with Crippen molar-refractivity contribution in [2.24, 2.45) is 5.41 Å². The predicted molar refractivity (Wildman–Crippen MR) is 71.9 cm³/mol. The van der Waals surface area contributed by atoms with Crippen molar-refractivity contribution < 1.29 is 19.1 Å². The number of furan rings is 1. The van der Waals surface area contributed by atoms with Crippen LogP contribution in [0.3, 0.4) is 0 Å². The molecule has 0 saturated heterocycles. The maximum absolute atomic E-state index is 11.8. The van der Waals surface area contributed by atoms with E-state index in [1.807, 2.05) is 13.8 Å². The van der Waals surface area contributed by atoms with Crippen LogP contribution in [0.15, 0.2) is 16.5 Å². The van der Waals surface area contributed by atoms with Crippen LogP contribution in [0, 0.1) is 5.41 Å². The van der Waals surface area contributed by atoms with Gasteiger partial charge in [0, 0.05) is 20.3 Å². The van der Waals surface area contributed by atoms with Crippen LogP contribution in [-0.4, -0.2) is 31.3 Å². The van der Waals surface area contributed by atoms with E-state index in [1.165, 1.54) is 0 Å². The largest absolute Gasteiger partial charge is 0.453 e. The van der Waals surface area contributed by atoms with Crippen LogP contribution in [0.25, 0.3) is 0 Å². The van der Waals surface area contributed by atoms with Gasteiger partial charge in [-0.2, -0.15) is 0 Å². The SMILES string of the molecule is COCc1ccc(C(=O)NCCCC(C)(C)CO)o1. The number of amides is 1. The van der Waals surface area contributed by atoms with Crippen LogP contribution >= 0.6 is 0 Å². The lowest BCUT2D eigenvalue weighted by Gasteiger charge is -2.21. The maximum atomic E-state index is 11.8. The topological polar surface area (TPSA) is 71.7 Å². The van der Waals surface area contributed by atoms with Gasteiger partial charge in [0.1, 0.15) is 12.4 Å². The van der Waals surface area contributed by atoms with Gasteiger partial charge in [0.05, 0.1) is 0 Å². The Labute approximate surface area is 113 Å². The molecule has 1 amide bonds. The van der Waals surface area contributed by atoms with Crippen LogP contribution in [0.5, 0.6) is 0 Å². The highest BCUT2D eigenvalue weighted by atomic mass is 16.5. The molecule has 0 bridgehead atoms. The van der Waals surface area contributed by atoms with E-state index in [4.69, 9.17) is 14.3 Å². The van der Waals surface area contributed by atoms with E-state index in [1.54, 1.807) is 19.2 Å². The van der Waals surface area contributed by atoms with E-state index in [0.29, 0.717) is 24.7 Å². The van der Waals surface area contributed by atoms with Crippen LogP contribution in [0.1, 0.15) is 43.0 Å². The summed E-state index contributed by atoms with van der Waals surface area (Å²) in [5.74, 6) is 0.715. The number of nitrogens with one attached hydrogen (secondary N) is 1. The average molecular weight is 269 g/mol. The summed E-state index contributed by atoms with van der Waals surface area (Å²) in [6, 6.07) is 3.37. The van der Waals surface area contributed by atoms with Crippen molar-refractivity contribution in [3.05, 3.63) is 23.7 Å². The Balaban J connectivity index is 2.31. The van der Waals surface area contributed by atoms with Crippen molar-refractivity contribution in [3.8, 4) is 0 Å². The quantitative estimate of drug-likeness (QED) is 0.708. The monoisotopic (exact) mass is 269 g/mol. The van der Waals surface area contributed by atoms with Crippen molar-refractivity contribution in [1.82, 2.24) is 5.32 Å². The third-order valence-electron chi connectivity index (χ3n) is 2.92. The first-order chi connectivity index (χ1) is 8.98. The molecule has 0 unspecified atom stereocenters. The number of carbonyl (C=O) groups is 1. The van der Waals surface area contributed by atoms with E-state index < -0.39 is 0 Å². The minimum absolute atomic E-state index is 0.0962. The summed E-state index contributed by atoms with van der Waals surface area (Å²) in [5, 5.41) is 11.9. The molecule has 5 nitrogen and oxygen atoms in total. The van der Waals surface area contributed by atoms with Gasteiger partial charge < -0.3 is 19.6 Å². The number of carbonyl (C=O) groups excluding carboxylic acids is 1. The Morgan fingerprint density at radius 3 is 2.84 bits per heavy atom. The fourth-order valence-corrected chi connectivity index (χ4v) is 1.65. The molecule has 0 fully saturated rings. The summed E-state index contributed by atoms with van der Waals surface area (Å²) in [7, 11) is 1.57. The van der Waals surface area contributed by atoms with E-state index in [2.05, 4.69) is 5.32 Å². The summed E-state index contributed by atoms with van der Waals surface area (Å²) in [6.07, 6.45) is 1.68. The molecular weight excluding hydrogens is 246 g/mol. The van der Waals surface area contributed by atoms with E-state index in [0.717, 1.165) is 12.8 Å². The summed E-state index contributed by atoms with van der Waals surface area (Å²) < 4.78 is 10.2. The lowest BCUT2D eigenvalue weighted by atomic mass is 9.89. The number of aliphatic hydroxyl groups excluding tert-OH is 1. The molecule has 0 aliphatic carbocycles. The Morgan fingerprint density at radius 1 is 1.47 bits per heavy atom. The van der Waals surface area contributed by atoms with E-state index >= 15 is 0 Å². The molecule has 0 atom stereocenters. The number of methoxy groups -OCH3 is 1. The standard InChI is InChI=1S/C14H23NO4/c1-14(2,10-16)7-4-8-15-13(17)12-6-5-11(19-12)9-18-3/h5-6,16H,4,7-10H2,1-3H3,(H,15,17). The fourth-order valence-electron chi connectivity index (χ4n) is 1.65. The molecule has 5 heteroatoms. The van der Waals surface area contributed by atoms with Gasteiger partial charge in [0.15, 0.2) is 5.76 Å². The highest BCUT2D eigenvalue weighted by Gasteiger charge is 2.16. The first-order valence-corrected chi connectivity index (χ1v) is 6.45. The zero-order chi connectivity index (χ0) is 14.3. The second kappa shape index (κ2) is 7.31. The van der Waals surface area contributed by atoms with E-state index in [-0.39, 0.29) is 17.9 Å². The normalized spacial score (nSPS) is 11.6. The van der Waals surface area contributed by atoms with Gasteiger partial charge in [-0.25, -0.2) is 0 Å². The number of rotatable bonds is 8. The predicted octanol–water partition coefficient (Wildman–Crippen LogP) is 1.95. The number of hydrogen-bond donors (Lipinski definition) is 2. The lowest BCUT2D eigenvalue weighted by molar-refractivity contribution is 0.0912. The third-order valence-corrected chi connectivity index (χ3v) is 2.92. The fraction of sp³-hybridized carbons (Fsp3) is 0.643. The second-order valence-electron chi connectivity index (χ2n) is 5.38. The Morgan fingerprint density at radius 2 is 2.21 bits per heavy atom. The van der Waals surface area contributed by atoms with Crippen molar-refractivity contribution >= 4 is 5.91 Å². The van der Waals surface area contributed by atoms with Gasteiger partial charge in [-0.3, -0.25) is 4.79 Å². The molecule has 0 aliphatic rings. The molecule has 19 heavy (non-hydrogen) atoms. The molecule has 0 saturated carbocycles. The van der Waals surface area contributed by atoms with Gasteiger partial charge in [-0.05, 0) is 30.4 Å². The number of aliphatic hydroxyl groups is 1. The minimum atomic E-state index is -0.218. The zero-order valence-corrected chi connectivity index (χ0v) is 11.9. The summed E-state index contributed by atoms with van der Waals surface area (Å²) in [4.78, 5) is 11.8. The van der Waals surface area contributed by atoms with Crippen LogP contribution in [0.4, 0.5) is 0 Å². The molecule has 1 aromatic heterocycles. The molecule has 0 aromatic carbocycles. The highest BCUT2D eigenvalue weighted by Crippen LogP contribution is 2.20. The second-order valence-corrected chi connectivity index (χ2v) is 5.38. The van der Waals surface area contributed by atoms with E-state index in [9.17, 15) is 4.79 Å². The van der Waals surface area contributed by atoms with Crippen molar-refractivity contribution in [3.63, 3.8) is 0 Å². The van der Waals surface area contributed by atoms with Gasteiger partial charge in [-0.1, -0.05) is 13.8 Å². The molecule has 0 radical (unpaired) electrons. The Kier molecular flexibility index (Phi) is 6.05. The number of hydrogen-bond acceptors (Lipinski definition) is 4. The molecule has 1 heterocycles. The summed E-state index contributed by atoms with van der Waals surface area (Å²) >= 11 is 0. The minimum Gasteiger partial charge on any atom is -0.453 e. The number of ether oxygens (including phenoxy) is 1. The Bertz CT molecular complexity index is 398. The maximum Gasteiger partial charge on any atom is 0.286 e. The van der Waals surface area contributed by atoms with Crippen molar-refractivity contribution in [1.29, 1.82) is 0 Å². The van der Waals surface area contributed by atoms with Gasteiger partial charge in [0.25, 0.3) is 5.91 Å². The summed E-state index contributed by atoms with van der Waals surface area (Å²) in [6.45, 7) is 5.08. The zero-order valence-electron chi connectivity index (χ0n) is 11.9. The van der Waals surface area contributed by atoms with Gasteiger partial charge >= 0.3 is 0 Å². The average Bonchev–Trinajstić information content (AvgIpc) is 2.83. The van der Waals surface area contributed by atoms with Crippen molar-refractivity contribution in [2.45, 2.75) is 33.3 Å². The smallest absolute Gasteiger partial charge is 0.286 e. The highest BCUT2D eigenvalue weighted by molar-refractivity contribution is 5.91.